The van der Waals surface area contributed by atoms with E-state index >= 15 is 0 Å². The van der Waals surface area contributed by atoms with E-state index in [1.807, 2.05) is 20.8 Å². The van der Waals surface area contributed by atoms with Gasteiger partial charge in [-0.25, -0.2) is 4.79 Å². The summed E-state index contributed by atoms with van der Waals surface area (Å²) in [5.41, 5.74) is 0.402. The quantitative estimate of drug-likeness (QED) is 0.775. The zero-order valence-electron chi connectivity index (χ0n) is 12.4. The number of carboxylic acid groups (broad SMARTS) is 1. The normalized spacial score (nSPS) is 12.6. The van der Waals surface area contributed by atoms with Crippen molar-refractivity contribution in [1.29, 1.82) is 0 Å². The highest BCUT2D eigenvalue weighted by atomic mass is 35.5. The summed E-state index contributed by atoms with van der Waals surface area (Å²) in [5.74, 6) is -0.942. The minimum atomic E-state index is -0.942. The van der Waals surface area contributed by atoms with Gasteiger partial charge in [0, 0.05) is 6.04 Å². The highest BCUT2D eigenvalue weighted by Crippen LogP contribution is 2.23. The Labute approximate surface area is 129 Å². The van der Waals surface area contributed by atoms with Crippen LogP contribution < -0.4 is 10.6 Å². The number of hydrogen-bond acceptors (Lipinski definition) is 2. The van der Waals surface area contributed by atoms with Gasteiger partial charge < -0.3 is 15.7 Å². The van der Waals surface area contributed by atoms with E-state index in [9.17, 15) is 9.59 Å². The molecule has 1 atom stereocenters. The number of carbonyl (C=O) groups is 2. The second-order valence-corrected chi connectivity index (χ2v) is 6.55. The molecule has 3 N–H and O–H groups in total. The van der Waals surface area contributed by atoms with Crippen LogP contribution in [0.3, 0.4) is 0 Å². The molecule has 1 aromatic carbocycles. The first-order chi connectivity index (χ1) is 9.67. The van der Waals surface area contributed by atoms with E-state index in [4.69, 9.17) is 16.7 Å². The van der Waals surface area contributed by atoms with Crippen molar-refractivity contribution in [3.05, 3.63) is 29.3 Å². The Morgan fingerprint density at radius 3 is 2.43 bits per heavy atom. The number of urea groups is 1. The van der Waals surface area contributed by atoms with Gasteiger partial charge in [0.15, 0.2) is 0 Å². The van der Waals surface area contributed by atoms with Gasteiger partial charge in [0.25, 0.3) is 0 Å². The molecule has 0 aliphatic rings. The van der Waals surface area contributed by atoms with Gasteiger partial charge in [0.2, 0.25) is 0 Å². The zero-order chi connectivity index (χ0) is 16.0. The van der Waals surface area contributed by atoms with Crippen molar-refractivity contribution in [1.82, 2.24) is 5.32 Å². The highest BCUT2D eigenvalue weighted by Gasteiger charge is 2.22. The monoisotopic (exact) mass is 312 g/mol. The molecule has 0 aliphatic heterocycles. The van der Waals surface area contributed by atoms with Crippen molar-refractivity contribution in [3.8, 4) is 0 Å². The van der Waals surface area contributed by atoms with Gasteiger partial charge in [0.05, 0.1) is 17.1 Å². The molecule has 116 valence electrons. The largest absolute Gasteiger partial charge is 0.481 e. The molecule has 1 aromatic rings. The Kier molecular flexibility index (Phi) is 6.03. The van der Waals surface area contributed by atoms with E-state index in [1.165, 1.54) is 0 Å². The van der Waals surface area contributed by atoms with Crippen LogP contribution in [-0.2, 0) is 4.79 Å². The van der Waals surface area contributed by atoms with E-state index < -0.39 is 18.0 Å². The van der Waals surface area contributed by atoms with E-state index in [-0.39, 0.29) is 11.8 Å². The van der Waals surface area contributed by atoms with Gasteiger partial charge in [-0.05, 0) is 24.0 Å². The second-order valence-electron chi connectivity index (χ2n) is 6.14. The van der Waals surface area contributed by atoms with Crippen LogP contribution in [-0.4, -0.2) is 23.1 Å². The maximum Gasteiger partial charge on any atom is 0.319 e. The SMILES string of the molecule is CC(C)(C)CC(CC(=O)O)NC(=O)Nc1ccccc1Cl. The number of aliphatic carboxylic acids is 1. The standard InChI is InChI=1S/C15H21ClN2O3/c1-15(2,3)9-10(8-13(19)20)17-14(21)18-12-7-5-4-6-11(12)16/h4-7,10H,8-9H2,1-3H3,(H,19,20)(H2,17,18,21). The molecular formula is C15H21ClN2O3. The summed E-state index contributed by atoms with van der Waals surface area (Å²) < 4.78 is 0. The molecule has 0 bridgehead atoms. The fourth-order valence-corrected chi connectivity index (χ4v) is 2.21. The lowest BCUT2D eigenvalue weighted by atomic mass is 9.87. The summed E-state index contributed by atoms with van der Waals surface area (Å²) in [6, 6.07) is 5.96. The first-order valence-corrected chi connectivity index (χ1v) is 7.09. The lowest BCUT2D eigenvalue weighted by Crippen LogP contribution is -2.41. The molecule has 0 radical (unpaired) electrons. The Balaban J connectivity index is 2.67. The summed E-state index contributed by atoms with van der Waals surface area (Å²) in [6.45, 7) is 5.99. The van der Waals surface area contributed by atoms with Gasteiger partial charge in [-0.15, -0.1) is 0 Å². The molecule has 0 saturated heterocycles. The van der Waals surface area contributed by atoms with Gasteiger partial charge >= 0.3 is 12.0 Å². The Morgan fingerprint density at radius 1 is 1.29 bits per heavy atom. The van der Waals surface area contributed by atoms with Crippen LogP contribution in [0.25, 0.3) is 0 Å². The first-order valence-electron chi connectivity index (χ1n) is 6.71. The number of anilines is 1. The fourth-order valence-electron chi connectivity index (χ4n) is 2.03. The summed E-state index contributed by atoms with van der Waals surface area (Å²) in [7, 11) is 0. The minimum Gasteiger partial charge on any atom is -0.481 e. The van der Waals surface area contributed by atoms with Crippen LogP contribution in [0.15, 0.2) is 24.3 Å². The predicted octanol–water partition coefficient (Wildman–Crippen LogP) is 3.74. The molecule has 0 fully saturated rings. The Hall–Kier alpha value is -1.75. The van der Waals surface area contributed by atoms with Crippen LogP contribution in [0.1, 0.15) is 33.6 Å². The first kappa shape index (κ1) is 17.3. The smallest absolute Gasteiger partial charge is 0.319 e. The van der Waals surface area contributed by atoms with Crippen LogP contribution in [0.4, 0.5) is 10.5 Å². The van der Waals surface area contributed by atoms with Crippen LogP contribution in [0, 0.1) is 5.41 Å². The number of para-hydroxylation sites is 1. The third-order valence-corrected chi connectivity index (χ3v) is 3.07. The summed E-state index contributed by atoms with van der Waals surface area (Å²) in [4.78, 5) is 22.9. The third-order valence-electron chi connectivity index (χ3n) is 2.74. The Bertz CT molecular complexity index is 512. The number of carboxylic acids is 1. The van der Waals surface area contributed by atoms with Gasteiger partial charge in [0.1, 0.15) is 0 Å². The van der Waals surface area contributed by atoms with E-state index in [2.05, 4.69) is 10.6 Å². The number of benzene rings is 1. The zero-order valence-corrected chi connectivity index (χ0v) is 13.2. The number of nitrogens with one attached hydrogen (secondary N) is 2. The van der Waals surface area contributed by atoms with E-state index in [0.717, 1.165) is 0 Å². The minimum absolute atomic E-state index is 0.0855. The van der Waals surface area contributed by atoms with Gasteiger partial charge in [-0.3, -0.25) is 4.79 Å². The van der Waals surface area contributed by atoms with Crippen molar-refractivity contribution in [2.45, 2.75) is 39.7 Å². The predicted molar refractivity (Wildman–Crippen MR) is 83.7 cm³/mol. The van der Waals surface area contributed by atoms with Crippen LogP contribution in [0.5, 0.6) is 0 Å². The highest BCUT2D eigenvalue weighted by molar-refractivity contribution is 6.33. The number of amides is 2. The maximum atomic E-state index is 12.0. The molecule has 0 saturated carbocycles. The Morgan fingerprint density at radius 2 is 1.90 bits per heavy atom. The molecule has 2 amide bonds. The lowest BCUT2D eigenvalue weighted by Gasteiger charge is -2.26. The fraction of sp³-hybridized carbons (Fsp3) is 0.467. The third kappa shape index (κ3) is 6.99. The van der Waals surface area contributed by atoms with Gasteiger partial charge in [-0.2, -0.15) is 0 Å². The molecule has 6 heteroatoms. The summed E-state index contributed by atoms with van der Waals surface area (Å²) in [6.07, 6.45) is 0.447. The van der Waals surface area contributed by atoms with E-state index in [0.29, 0.717) is 17.1 Å². The van der Waals surface area contributed by atoms with Gasteiger partial charge in [-0.1, -0.05) is 44.5 Å². The molecule has 21 heavy (non-hydrogen) atoms. The topological polar surface area (TPSA) is 78.4 Å². The van der Waals surface area contributed by atoms with Crippen molar-refractivity contribution in [2.75, 3.05) is 5.32 Å². The van der Waals surface area contributed by atoms with Crippen molar-refractivity contribution in [2.24, 2.45) is 5.41 Å². The van der Waals surface area contributed by atoms with Crippen molar-refractivity contribution < 1.29 is 14.7 Å². The molecule has 1 rings (SSSR count). The lowest BCUT2D eigenvalue weighted by molar-refractivity contribution is -0.137. The van der Waals surface area contributed by atoms with Crippen LogP contribution in [0.2, 0.25) is 5.02 Å². The molecule has 0 aliphatic carbocycles. The molecule has 0 heterocycles. The maximum absolute atomic E-state index is 12.0. The number of hydrogen-bond donors (Lipinski definition) is 3. The average molecular weight is 313 g/mol. The molecule has 0 aromatic heterocycles. The number of carbonyl (C=O) groups excluding carboxylic acids is 1. The van der Waals surface area contributed by atoms with E-state index in [1.54, 1.807) is 24.3 Å². The summed E-state index contributed by atoms with van der Waals surface area (Å²) in [5, 5.41) is 14.7. The molecular weight excluding hydrogens is 292 g/mol. The molecule has 1 unspecified atom stereocenters. The number of rotatable bonds is 5. The average Bonchev–Trinajstić information content (AvgIpc) is 2.28. The molecule has 5 nitrogen and oxygen atoms in total. The van der Waals surface area contributed by atoms with Crippen molar-refractivity contribution >= 4 is 29.3 Å². The van der Waals surface area contributed by atoms with Crippen LogP contribution >= 0.6 is 11.6 Å². The molecule has 0 spiro atoms. The van der Waals surface area contributed by atoms with Crippen molar-refractivity contribution in [3.63, 3.8) is 0 Å². The number of halogens is 1. The second kappa shape index (κ2) is 7.31. The summed E-state index contributed by atoms with van der Waals surface area (Å²) >= 11 is 5.96.